The molecule has 7 heteroatoms. The SMILES string of the molecule is N#CCc1ccc(OC(=O)COc2cc(Cl)c(Cl)cc2Cl)cc1. The molecular formula is C16H10Cl3NO3. The van der Waals surface area contributed by atoms with Gasteiger partial charge in [0.1, 0.15) is 11.5 Å². The molecule has 0 aliphatic heterocycles. The fourth-order valence-corrected chi connectivity index (χ4v) is 2.27. The topological polar surface area (TPSA) is 59.3 Å². The van der Waals surface area contributed by atoms with Crippen LogP contribution in [0.1, 0.15) is 5.56 Å². The lowest BCUT2D eigenvalue weighted by Gasteiger charge is -2.09. The van der Waals surface area contributed by atoms with Gasteiger partial charge >= 0.3 is 5.97 Å². The number of nitrogens with zero attached hydrogens (tertiary/aromatic N) is 1. The Labute approximate surface area is 148 Å². The summed E-state index contributed by atoms with van der Waals surface area (Å²) in [5.74, 6) is 0.00285. The van der Waals surface area contributed by atoms with Crippen molar-refractivity contribution in [1.29, 1.82) is 5.26 Å². The summed E-state index contributed by atoms with van der Waals surface area (Å²) in [6.07, 6.45) is 0.299. The lowest BCUT2D eigenvalue weighted by molar-refractivity contribution is -0.136. The van der Waals surface area contributed by atoms with Gasteiger partial charge in [0.15, 0.2) is 6.61 Å². The van der Waals surface area contributed by atoms with Crippen LogP contribution >= 0.6 is 34.8 Å². The van der Waals surface area contributed by atoms with Crippen LogP contribution in [0.4, 0.5) is 0 Å². The van der Waals surface area contributed by atoms with Gasteiger partial charge in [-0.05, 0) is 23.8 Å². The Morgan fingerprint density at radius 3 is 2.35 bits per heavy atom. The van der Waals surface area contributed by atoms with Gasteiger partial charge in [0.2, 0.25) is 0 Å². The molecule has 23 heavy (non-hydrogen) atoms. The number of ether oxygens (including phenoxy) is 2. The van der Waals surface area contributed by atoms with Gasteiger partial charge in [0, 0.05) is 6.07 Å². The van der Waals surface area contributed by atoms with Gasteiger partial charge in [0.25, 0.3) is 0 Å². The summed E-state index contributed by atoms with van der Waals surface area (Å²) in [6.45, 7) is -0.336. The molecule has 0 saturated heterocycles. The number of carbonyl (C=O) groups is 1. The van der Waals surface area contributed by atoms with Crippen LogP contribution < -0.4 is 9.47 Å². The van der Waals surface area contributed by atoms with Crippen LogP contribution in [0, 0.1) is 11.3 Å². The Kier molecular flexibility index (Phi) is 6.12. The van der Waals surface area contributed by atoms with Gasteiger partial charge in [0.05, 0.1) is 27.6 Å². The molecule has 0 unspecified atom stereocenters. The van der Waals surface area contributed by atoms with Crippen molar-refractivity contribution < 1.29 is 14.3 Å². The average Bonchev–Trinajstić information content (AvgIpc) is 2.52. The molecule has 0 heterocycles. The van der Waals surface area contributed by atoms with Crippen molar-refractivity contribution in [3.05, 3.63) is 57.0 Å². The average molecular weight is 371 g/mol. The molecule has 0 aliphatic carbocycles. The van der Waals surface area contributed by atoms with E-state index in [1.807, 2.05) is 6.07 Å². The first-order valence-electron chi connectivity index (χ1n) is 6.43. The molecule has 0 N–H and O–H groups in total. The third-order valence-corrected chi connectivity index (χ3v) is 3.78. The maximum absolute atomic E-state index is 11.8. The molecule has 0 spiro atoms. The molecule has 0 radical (unpaired) electrons. The quantitative estimate of drug-likeness (QED) is 0.435. The highest BCUT2D eigenvalue weighted by Crippen LogP contribution is 2.33. The van der Waals surface area contributed by atoms with Crippen LogP contribution in [0.25, 0.3) is 0 Å². The van der Waals surface area contributed by atoms with E-state index in [4.69, 9.17) is 49.5 Å². The molecule has 118 valence electrons. The van der Waals surface area contributed by atoms with Crippen LogP contribution in [-0.4, -0.2) is 12.6 Å². The molecule has 2 aromatic rings. The third-order valence-electron chi connectivity index (χ3n) is 2.76. The number of benzene rings is 2. The number of halogens is 3. The Balaban J connectivity index is 1.93. The zero-order valence-electron chi connectivity index (χ0n) is 11.7. The highest BCUT2D eigenvalue weighted by atomic mass is 35.5. The fourth-order valence-electron chi connectivity index (χ4n) is 1.68. The summed E-state index contributed by atoms with van der Waals surface area (Å²) in [4.78, 5) is 11.8. The molecule has 0 amide bonds. The van der Waals surface area contributed by atoms with Crippen LogP contribution in [0.15, 0.2) is 36.4 Å². The van der Waals surface area contributed by atoms with Gasteiger partial charge < -0.3 is 9.47 Å². The fraction of sp³-hybridized carbons (Fsp3) is 0.125. The van der Waals surface area contributed by atoms with E-state index in [9.17, 15) is 4.79 Å². The zero-order chi connectivity index (χ0) is 16.8. The lowest BCUT2D eigenvalue weighted by Crippen LogP contribution is -2.17. The minimum absolute atomic E-state index is 0.238. The van der Waals surface area contributed by atoms with Crippen LogP contribution in [0.3, 0.4) is 0 Å². The summed E-state index contributed by atoms with van der Waals surface area (Å²) in [5, 5.41) is 9.40. The third kappa shape index (κ3) is 5.04. The predicted octanol–water partition coefficient (Wildman–Crippen LogP) is 4.70. The Hall–Kier alpha value is -1.93. The number of carbonyl (C=O) groups excluding carboxylic acids is 1. The van der Waals surface area contributed by atoms with Crippen LogP contribution in [-0.2, 0) is 11.2 Å². The van der Waals surface area contributed by atoms with Crippen molar-refractivity contribution in [3.63, 3.8) is 0 Å². The highest BCUT2D eigenvalue weighted by Gasteiger charge is 2.11. The first-order valence-corrected chi connectivity index (χ1v) is 7.57. The van der Waals surface area contributed by atoms with E-state index in [-0.39, 0.29) is 22.4 Å². The largest absolute Gasteiger partial charge is 0.480 e. The highest BCUT2D eigenvalue weighted by molar-refractivity contribution is 6.43. The van der Waals surface area contributed by atoms with E-state index in [1.165, 1.54) is 12.1 Å². The lowest BCUT2D eigenvalue weighted by atomic mass is 10.2. The van der Waals surface area contributed by atoms with Crippen molar-refractivity contribution in [2.24, 2.45) is 0 Å². The Morgan fingerprint density at radius 2 is 1.70 bits per heavy atom. The molecule has 0 saturated carbocycles. The first-order chi connectivity index (χ1) is 11.0. The van der Waals surface area contributed by atoms with Crippen molar-refractivity contribution >= 4 is 40.8 Å². The maximum Gasteiger partial charge on any atom is 0.349 e. The van der Waals surface area contributed by atoms with E-state index >= 15 is 0 Å². The molecule has 0 atom stereocenters. The van der Waals surface area contributed by atoms with E-state index in [0.717, 1.165) is 5.56 Å². The van der Waals surface area contributed by atoms with E-state index < -0.39 is 5.97 Å². The second kappa shape index (κ2) is 8.07. The molecule has 2 rings (SSSR count). The minimum atomic E-state index is -0.597. The van der Waals surface area contributed by atoms with E-state index in [2.05, 4.69) is 0 Å². The van der Waals surface area contributed by atoms with Gasteiger partial charge in [-0.1, -0.05) is 46.9 Å². The second-order valence-corrected chi connectivity index (χ2v) is 5.66. The smallest absolute Gasteiger partial charge is 0.349 e. The zero-order valence-corrected chi connectivity index (χ0v) is 14.0. The molecule has 0 fully saturated rings. The summed E-state index contributed by atoms with van der Waals surface area (Å²) in [7, 11) is 0. The molecule has 0 aliphatic rings. The first kappa shape index (κ1) is 17.4. The van der Waals surface area contributed by atoms with Crippen LogP contribution in [0.5, 0.6) is 11.5 Å². The van der Waals surface area contributed by atoms with Gasteiger partial charge in [-0.2, -0.15) is 5.26 Å². The summed E-state index contributed by atoms with van der Waals surface area (Å²) in [6, 6.07) is 11.5. The van der Waals surface area contributed by atoms with Gasteiger partial charge in [-0.25, -0.2) is 4.79 Å². The number of hydrogen-bond acceptors (Lipinski definition) is 4. The standard InChI is InChI=1S/C16H10Cl3NO3/c17-12-7-14(19)15(8-13(12)18)22-9-16(21)23-11-3-1-10(2-4-11)5-6-20/h1-4,7-8H,5,9H2. The molecule has 2 aromatic carbocycles. The molecule has 4 nitrogen and oxygen atoms in total. The summed E-state index contributed by atoms with van der Waals surface area (Å²) in [5.41, 5.74) is 0.839. The van der Waals surface area contributed by atoms with Crippen molar-refractivity contribution in [3.8, 4) is 17.6 Å². The minimum Gasteiger partial charge on any atom is -0.480 e. The number of esters is 1. The number of hydrogen-bond donors (Lipinski definition) is 0. The van der Waals surface area contributed by atoms with Gasteiger partial charge in [-0.15, -0.1) is 0 Å². The Bertz CT molecular complexity index is 754. The second-order valence-electron chi connectivity index (χ2n) is 4.44. The predicted molar refractivity (Wildman–Crippen MR) is 88.4 cm³/mol. The maximum atomic E-state index is 11.8. The molecule has 0 bridgehead atoms. The van der Waals surface area contributed by atoms with Crippen molar-refractivity contribution in [2.45, 2.75) is 6.42 Å². The Morgan fingerprint density at radius 1 is 1.04 bits per heavy atom. The van der Waals surface area contributed by atoms with Crippen molar-refractivity contribution in [1.82, 2.24) is 0 Å². The summed E-state index contributed by atoms with van der Waals surface area (Å²) < 4.78 is 10.4. The van der Waals surface area contributed by atoms with E-state index in [1.54, 1.807) is 24.3 Å². The van der Waals surface area contributed by atoms with Crippen molar-refractivity contribution in [2.75, 3.05) is 6.61 Å². The number of nitriles is 1. The normalized spacial score (nSPS) is 10.0. The molecule has 0 aromatic heterocycles. The van der Waals surface area contributed by atoms with Gasteiger partial charge in [-0.3, -0.25) is 0 Å². The monoisotopic (exact) mass is 369 g/mol. The van der Waals surface area contributed by atoms with Crippen LogP contribution in [0.2, 0.25) is 15.1 Å². The molecular weight excluding hydrogens is 361 g/mol. The van der Waals surface area contributed by atoms with E-state index in [0.29, 0.717) is 17.2 Å². The summed E-state index contributed by atoms with van der Waals surface area (Å²) >= 11 is 17.6. The number of rotatable bonds is 5.